The molecule has 0 saturated heterocycles. The molecule has 0 aliphatic rings. The zero-order chi connectivity index (χ0) is 13.8. The van der Waals surface area contributed by atoms with Crippen molar-refractivity contribution in [2.75, 3.05) is 14.2 Å². The summed E-state index contributed by atoms with van der Waals surface area (Å²) in [6.45, 7) is 2.85. The van der Waals surface area contributed by atoms with Crippen LogP contribution in [0.3, 0.4) is 0 Å². The number of hydrogen-bond acceptors (Lipinski definition) is 4. The van der Waals surface area contributed by atoms with E-state index in [4.69, 9.17) is 4.74 Å². The minimum Gasteiger partial charge on any atom is -0.493 e. The van der Waals surface area contributed by atoms with Gasteiger partial charge in [-0.3, -0.25) is 9.67 Å². The molecule has 0 aromatic carbocycles. The minimum absolute atomic E-state index is 0.0117. The molecule has 2 rings (SSSR count). The van der Waals surface area contributed by atoms with Crippen LogP contribution in [0, 0.1) is 0 Å². The van der Waals surface area contributed by atoms with Crippen LogP contribution in [-0.4, -0.2) is 28.9 Å². The Morgan fingerprint density at radius 3 is 2.79 bits per heavy atom. The molecule has 0 fully saturated rings. The summed E-state index contributed by atoms with van der Waals surface area (Å²) in [6.07, 6.45) is 5.36. The topological polar surface area (TPSA) is 52.0 Å². The van der Waals surface area contributed by atoms with Crippen LogP contribution in [0.15, 0.2) is 29.1 Å². The lowest BCUT2D eigenvalue weighted by Crippen LogP contribution is -2.22. The number of nitrogens with zero attached hydrogens (tertiary/aromatic N) is 3. The lowest BCUT2D eigenvalue weighted by Gasteiger charge is -2.19. The van der Waals surface area contributed by atoms with Crippen molar-refractivity contribution < 1.29 is 4.74 Å². The number of methoxy groups -OCH3 is 1. The fourth-order valence-electron chi connectivity index (χ4n) is 2.13. The maximum Gasteiger partial charge on any atom is 0.161 e. The second-order valence-corrected chi connectivity index (χ2v) is 4.99. The van der Waals surface area contributed by atoms with Crippen molar-refractivity contribution in [3.05, 3.63) is 40.4 Å². The van der Waals surface area contributed by atoms with E-state index in [0.29, 0.717) is 0 Å². The lowest BCUT2D eigenvalue weighted by atomic mass is 10.1. The van der Waals surface area contributed by atoms with Gasteiger partial charge in [-0.25, -0.2) is 0 Å². The smallest absolute Gasteiger partial charge is 0.161 e. The lowest BCUT2D eigenvalue weighted by molar-refractivity contribution is 0.401. The molecule has 0 spiro atoms. The summed E-state index contributed by atoms with van der Waals surface area (Å²) in [4.78, 5) is 4.22. The first-order valence-electron chi connectivity index (χ1n) is 6.08. The fraction of sp³-hybridized carbons (Fsp3) is 0.385. The van der Waals surface area contributed by atoms with E-state index in [9.17, 15) is 0 Å². The van der Waals surface area contributed by atoms with Gasteiger partial charge in [-0.05, 0) is 41.5 Å². The molecule has 2 aromatic rings. The first kappa shape index (κ1) is 14.0. The molecule has 0 aliphatic carbocycles. The Labute approximate surface area is 121 Å². The van der Waals surface area contributed by atoms with Gasteiger partial charge >= 0.3 is 0 Å². The van der Waals surface area contributed by atoms with Crippen LogP contribution in [0.25, 0.3) is 0 Å². The number of halogens is 1. The standard InChI is InChI=1S/C13H17BrN4O/c1-4-18-13(11(19-3)8-17-18)12(15-2)9-5-10(14)7-16-6-9/h5-8,12,15H,4H2,1-3H3. The largest absolute Gasteiger partial charge is 0.493 e. The third-order valence-corrected chi connectivity index (χ3v) is 3.42. The maximum absolute atomic E-state index is 5.41. The highest BCUT2D eigenvalue weighted by Gasteiger charge is 2.22. The summed E-state index contributed by atoms with van der Waals surface area (Å²) >= 11 is 3.45. The number of rotatable bonds is 5. The van der Waals surface area contributed by atoms with E-state index in [1.54, 1.807) is 19.5 Å². The highest BCUT2D eigenvalue weighted by atomic mass is 79.9. The van der Waals surface area contributed by atoms with Gasteiger partial charge in [-0.2, -0.15) is 5.10 Å². The van der Waals surface area contributed by atoms with E-state index in [1.807, 2.05) is 24.0 Å². The summed E-state index contributed by atoms with van der Waals surface area (Å²) in [7, 11) is 3.57. The van der Waals surface area contributed by atoms with Crippen LogP contribution in [0.4, 0.5) is 0 Å². The number of ether oxygens (including phenoxy) is 1. The van der Waals surface area contributed by atoms with Crippen molar-refractivity contribution in [3.8, 4) is 5.75 Å². The predicted molar refractivity (Wildman–Crippen MR) is 77.3 cm³/mol. The monoisotopic (exact) mass is 324 g/mol. The molecule has 6 heteroatoms. The van der Waals surface area contributed by atoms with E-state index < -0.39 is 0 Å². The van der Waals surface area contributed by atoms with E-state index in [0.717, 1.165) is 28.0 Å². The van der Waals surface area contributed by atoms with Gasteiger partial charge < -0.3 is 10.1 Å². The molecular formula is C13H17BrN4O. The van der Waals surface area contributed by atoms with Gasteiger partial charge in [0, 0.05) is 23.4 Å². The molecule has 0 amide bonds. The quantitative estimate of drug-likeness (QED) is 0.917. The molecular weight excluding hydrogens is 308 g/mol. The Morgan fingerprint density at radius 2 is 2.21 bits per heavy atom. The Kier molecular flexibility index (Phi) is 4.55. The third kappa shape index (κ3) is 2.79. The molecule has 0 radical (unpaired) electrons. The van der Waals surface area contributed by atoms with Crippen molar-refractivity contribution in [2.45, 2.75) is 19.5 Å². The van der Waals surface area contributed by atoms with E-state index in [-0.39, 0.29) is 6.04 Å². The van der Waals surface area contributed by atoms with Crippen LogP contribution in [0.5, 0.6) is 5.75 Å². The molecule has 102 valence electrons. The number of aromatic nitrogens is 3. The summed E-state index contributed by atoms with van der Waals surface area (Å²) < 4.78 is 8.29. The van der Waals surface area contributed by atoms with Crippen molar-refractivity contribution in [3.63, 3.8) is 0 Å². The summed E-state index contributed by atoms with van der Waals surface area (Å²) in [5.41, 5.74) is 2.07. The van der Waals surface area contributed by atoms with Crippen molar-refractivity contribution in [1.29, 1.82) is 0 Å². The van der Waals surface area contributed by atoms with E-state index in [2.05, 4.69) is 38.3 Å². The predicted octanol–water partition coefficient (Wildman–Crippen LogP) is 2.38. The zero-order valence-electron chi connectivity index (χ0n) is 11.2. The van der Waals surface area contributed by atoms with Crippen molar-refractivity contribution in [1.82, 2.24) is 20.1 Å². The van der Waals surface area contributed by atoms with Crippen LogP contribution < -0.4 is 10.1 Å². The van der Waals surface area contributed by atoms with Gasteiger partial charge in [-0.15, -0.1) is 0 Å². The highest BCUT2D eigenvalue weighted by Crippen LogP contribution is 2.30. The Morgan fingerprint density at radius 1 is 1.42 bits per heavy atom. The molecule has 0 bridgehead atoms. The van der Waals surface area contributed by atoms with Crippen LogP contribution in [0.1, 0.15) is 24.2 Å². The van der Waals surface area contributed by atoms with Gasteiger partial charge in [0.15, 0.2) is 5.75 Å². The molecule has 19 heavy (non-hydrogen) atoms. The van der Waals surface area contributed by atoms with Crippen LogP contribution in [0.2, 0.25) is 0 Å². The summed E-state index contributed by atoms with van der Waals surface area (Å²) in [5, 5.41) is 7.64. The van der Waals surface area contributed by atoms with E-state index in [1.165, 1.54) is 0 Å². The molecule has 1 atom stereocenters. The highest BCUT2D eigenvalue weighted by molar-refractivity contribution is 9.10. The Bertz CT molecular complexity index is 534. The number of pyridine rings is 1. The normalized spacial score (nSPS) is 12.4. The molecule has 0 aliphatic heterocycles. The second-order valence-electron chi connectivity index (χ2n) is 4.07. The van der Waals surface area contributed by atoms with Gasteiger partial charge in [-0.1, -0.05) is 0 Å². The van der Waals surface area contributed by atoms with Crippen molar-refractivity contribution >= 4 is 15.9 Å². The first-order valence-corrected chi connectivity index (χ1v) is 6.88. The molecule has 2 aromatic heterocycles. The average Bonchev–Trinajstić information content (AvgIpc) is 2.83. The number of hydrogen-bond donors (Lipinski definition) is 1. The second kappa shape index (κ2) is 6.16. The van der Waals surface area contributed by atoms with Crippen LogP contribution in [-0.2, 0) is 6.54 Å². The number of nitrogens with one attached hydrogen (secondary N) is 1. The van der Waals surface area contributed by atoms with Crippen LogP contribution >= 0.6 is 15.9 Å². The maximum atomic E-state index is 5.41. The Hall–Kier alpha value is -1.40. The third-order valence-electron chi connectivity index (χ3n) is 2.99. The van der Waals surface area contributed by atoms with Gasteiger partial charge in [0.1, 0.15) is 5.69 Å². The minimum atomic E-state index is -0.0117. The van der Waals surface area contributed by atoms with Gasteiger partial charge in [0.2, 0.25) is 0 Å². The average molecular weight is 325 g/mol. The molecule has 0 saturated carbocycles. The van der Waals surface area contributed by atoms with Gasteiger partial charge in [0.25, 0.3) is 0 Å². The molecule has 2 heterocycles. The van der Waals surface area contributed by atoms with E-state index >= 15 is 0 Å². The molecule has 1 N–H and O–H groups in total. The SMILES string of the molecule is CCn1ncc(OC)c1C(NC)c1cncc(Br)c1. The first-order chi connectivity index (χ1) is 9.21. The molecule has 1 unspecified atom stereocenters. The molecule has 5 nitrogen and oxygen atoms in total. The fourth-order valence-corrected chi connectivity index (χ4v) is 2.51. The Balaban J connectivity index is 2.50. The summed E-state index contributed by atoms with van der Waals surface area (Å²) in [5.74, 6) is 0.779. The van der Waals surface area contributed by atoms with Crippen molar-refractivity contribution in [2.24, 2.45) is 0 Å². The van der Waals surface area contributed by atoms with Gasteiger partial charge in [0.05, 0.1) is 19.3 Å². The number of aryl methyl sites for hydroxylation is 1. The summed E-state index contributed by atoms with van der Waals surface area (Å²) in [6, 6.07) is 2.03. The zero-order valence-corrected chi connectivity index (χ0v) is 12.8.